The molecule has 0 aliphatic carbocycles. The summed E-state index contributed by atoms with van der Waals surface area (Å²) in [5.74, 6) is 0.590. The molecule has 0 saturated heterocycles. The van der Waals surface area contributed by atoms with Gasteiger partial charge in [-0.05, 0) is 32.9 Å². The van der Waals surface area contributed by atoms with E-state index < -0.39 is 0 Å². The second kappa shape index (κ2) is 5.38. The van der Waals surface area contributed by atoms with Crippen LogP contribution in [0.1, 0.15) is 40.0 Å². The van der Waals surface area contributed by atoms with Crippen molar-refractivity contribution < 1.29 is 4.79 Å². The summed E-state index contributed by atoms with van der Waals surface area (Å²) < 4.78 is 0. The molecule has 0 N–H and O–H groups in total. The van der Waals surface area contributed by atoms with Crippen LogP contribution in [0.25, 0.3) is 0 Å². The van der Waals surface area contributed by atoms with Crippen molar-refractivity contribution in [1.82, 2.24) is 4.90 Å². The standard InChI is InChI=1S/C11H23NO/c1-6-11(10(2)3,12(4)5)8-7-9-13/h9-10H,6-8H2,1-5H3. The molecule has 0 aromatic rings. The summed E-state index contributed by atoms with van der Waals surface area (Å²) in [7, 11) is 4.21. The van der Waals surface area contributed by atoms with Crippen LogP contribution < -0.4 is 0 Å². The van der Waals surface area contributed by atoms with Crippen LogP contribution in [0.3, 0.4) is 0 Å². The summed E-state index contributed by atoms with van der Waals surface area (Å²) >= 11 is 0. The van der Waals surface area contributed by atoms with Crippen LogP contribution in [0.5, 0.6) is 0 Å². The summed E-state index contributed by atoms with van der Waals surface area (Å²) in [6, 6.07) is 0. The molecule has 0 aromatic carbocycles. The largest absolute Gasteiger partial charge is 0.303 e. The van der Waals surface area contributed by atoms with Crippen LogP contribution in [0.2, 0.25) is 0 Å². The molecule has 1 unspecified atom stereocenters. The van der Waals surface area contributed by atoms with Gasteiger partial charge in [-0.3, -0.25) is 0 Å². The molecule has 0 aliphatic rings. The second-order valence-electron chi connectivity index (χ2n) is 4.21. The first kappa shape index (κ1) is 12.6. The normalized spacial score (nSPS) is 16.2. The van der Waals surface area contributed by atoms with Gasteiger partial charge < -0.3 is 9.69 Å². The lowest BCUT2D eigenvalue weighted by molar-refractivity contribution is -0.108. The lowest BCUT2D eigenvalue weighted by Gasteiger charge is -2.43. The second-order valence-corrected chi connectivity index (χ2v) is 4.21. The zero-order chi connectivity index (χ0) is 10.5. The monoisotopic (exact) mass is 185 g/mol. The smallest absolute Gasteiger partial charge is 0.120 e. The number of carbonyl (C=O) groups excluding carboxylic acids is 1. The molecular weight excluding hydrogens is 162 g/mol. The number of hydrogen-bond acceptors (Lipinski definition) is 2. The average Bonchev–Trinajstić information content (AvgIpc) is 2.05. The third-order valence-electron chi connectivity index (χ3n) is 3.27. The molecule has 0 amide bonds. The fourth-order valence-corrected chi connectivity index (χ4v) is 2.24. The fourth-order valence-electron chi connectivity index (χ4n) is 2.24. The summed E-state index contributed by atoms with van der Waals surface area (Å²) in [5, 5.41) is 0. The molecule has 0 saturated carbocycles. The van der Waals surface area contributed by atoms with Gasteiger partial charge in [-0.25, -0.2) is 0 Å². The Labute approximate surface area is 82.3 Å². The van der Waals surface area contributed by atoms with Gasteiger partial charge >= 0.3 is 0 Å². The minimum atomic E-state index is 0.195. The first-order valence-corrected chi connectivity index (χ1v) is 5.12. The predicted molar refractivity (Wildman–Crippen MR) is 56.8 cm³/mol. The van der Waals surface area contributed by atoms with Crippen LogP contribution >= 0.6 is 0 Å². The number of nitrogens with zero attached hydrogens (tertiary/aromatic N) is 1. The lowest BCUT2D eigenvalue weighted by Crippen LogP contribution is -2.48. The van der Waals surface area contributed by atoms with Gasteiger partial charge in [-0.15, -0.1) is 0 Å². The van der Waals surface area contributed by atoms with Gasteiger partial charge in [0.05, 0.1) is 0 Å². The number of rotatable bonds is 6. The summed E-state index contributed by atoms with van der Waals surface area (Å²) in [6.45, 7) is 6.66. The van der Waals surface area contributed by atoms with Crippen molar-refractivity contribution in [3.05, 3.63) is 0 Å². The molecule has 0 aromatic heterocycles. The molecule has 0 spiro atoms. The Kier molecular flexibility index (Phi) is 5.23. The first-order chi connectivity index (χ1) is 6.01. The van der Waals surface area contributed by atoms with Crippen LogP contribution in [0, 0.1) is 5.92 Å². The van der Waals surface area contributed by atoms with E-state index in [1.165, 1.54) is 0 Å². The number of aldehydes is 1. The highest BCUT2D eigenvalue weighted by molar-refractivity contribution is 5.49. The summed E-state index contributed by atoms with van der Waals surface area (Å²) in [4.78, 5) is 12.7. The molecule has 0 aliphatic heterocycles. The maximum absolute atomic E-state index is 10.4. The molecule has 0 radical (unpaired) electrons. The van der Waals surface area contributed by atoms with E-state index in [0.717, 1.165) is 19.1 Å². The summed E-state index contributed by atoms with van der Waals surface area (Å²) in [5.41, 5.74) is 0.195. The van der Waals surface area contributed by atoms with E-state index in [2.05, 4.69) is 39.8 Å². The van der Waals surface area contributed by atoms with Crippen molar-refractivity contribution in [2.45, 2.75) is 45.6 Å². The minimum Gasteiger partial charge on any atom is -0.303 e. The highest BCUT2D eigenvalue weighted by Crippen LogP contribution is 2.31. The van der Waals surface area contributed by atoms with Crippen LogP contribution in [0.4, 0.5) is 0 Å². The topological polar surface area (TPSA) is 20.3 Å². The average molecular weight is 185 g/mol. The van der Waals surface area contributed by atoms with E-state index in [-0.39, 0.29) is 5.54 Å². The van der Waals surface area contributed by atoms with Crippen LogP contribution in [0.15, 0.2) is 0 Å². The van der Waals surface area contributed by atoms with E-state index in [4.69, 9.17) is 0 Å². The molecule has 0 bridgehead atoms. The Hall–Kier alpha value is -0.370. The SMILES string of the molecule is CCC(CCC=O)(C(C)C)N(C)C. The van der Waals surface area contributed by atoms with Crippen molar-refractivity contribution in [3.8, 4) is 0 Å². The zero-order valence-corrected chi connectivity index (χ0v) is 9.63. The Morgan fingerprint density at radius 1 is 1.38 bits per heavy atom. The van der Waals surface area contributed by atoms with Crippen LogP contribution in [-0.2, 0) is 4.79 Å². The molecule has 2 nitrogen and oxygen atoms in total. The Morgan fingerprint density at radius 3 is 2.15 bits per heavy atom. The van der Waals surface area contributed by atoms with Crippen molar-refractivity contribution in [3.63, 3.8) is 0 Å². The van der Waals surface area contributed by atoms with E-state index in [0.29, 0.717) is 12.3 Å². The van der Waals surface area contributed by atoms with E-state index in [1.807, 2.05) is 0 Å². The number of hydrogen-bond donors (Lipinski definition) is 0. The van der Waals surface area contributed by atoms with Gasteiger partial charge in [0, 0.05) is 12.0 Å². The van der Waals surface area contributed by atoms with E-state index >= 15 is 0 Å². The third kappa shape index (κ3) is 2.80. The Balaban J connectivity index is 4.54. The Bertz CT molecular complexity index is 144. The zero-order valence-electron chi connectivity index (χ0n) is 9.63. The fraction of sp³-hybridized carbons (Fsp3) is 0.909. The third-order valence-corrected chi connectivity index (χ3v) is 3.27. The van der Waals surface area contributed by atoms with Gasteiger partial charge in [-0.1, -0.05) is 20.8 Å². The van der Waals surface area contributed by atoms with Gasteiger partial charge in [0.25, 0.3) is 0 Å². The molecule has 78 valence electrons. The molecular formula is C11H23NO. The van der Waals surface area contributed by atoms with Gasteiger partial charge in [0.1, 0.15) is 6.29 Å². The van der Waals surface area contributed by atoms with Gasteiger partial charge in [0.15, 0.2) is 0 Å². The quantitative estimate of drug-likeness (QED) is 0.592. The lowest BCUT2D eigenvalue weighted by atomic mass is 9.79. The molecule has 0 heterocycles. The Morgan fingerprint density at radius 2 is 1.92 bits per heavy atom. The van der Waals surface area contributed by atoms with Crippen molar-refractivity contribution in [2.24, 2.45) is 5.92 Å². The van der Waals surface area contributed by atoms with Crippen molar-refractivity contribution in [1.29, 1.82) is 0 Å². The molecule has 2 heteroatoms. The molecule has 0 fully saturated rings. The predicted octanol–water partition coefficient (Wildman–Crippen LogP) is 2.33. The first-order valence-electron chi connectivity index (χ1n) is 5.12. The van der Waals surface area contributed by atoms with E-state index in [9.17, 15) is 4.79 Å². The molecule has 13 heavy (non-hydrogen) atoms. The van der Waals surface area contributed by atoms with Gasteiger partial charge in [0.2, 0.25) is 0 Å². The van der Waals surface area contributed by atoms with Crippen LogP contribution in [-0.4, -0.2) is 30.8 Å². The molecule has 1 atom stereocenters. The van der Waals surface area contributed by atoms with Gasteiger partial charge in [-0.2, -0.15) is 0 Å². The van der Waals surface area contributed by atoms with E-state index in [1.54, 1.807) is 0 Å². The highest BCUT2D eigenvalue weighted by atomic mass is 16.1. The van der Waals surface area contributed by atoms with Crippen molar-refractivity contribution in [2.75, 3.05) is 14.1 Å². The highest BCUT2D eigenvalue weighted by Gasteiger charge is 2.33. The maximum atomic E-state index is 10.4. The number of carbonyl (C=O) groups is 1. The summed E-state index contributed by atoms with van der Waals surface area (Å²) in [6.07, 6.45) is 3.77. The molecule has 0 rings (SSSR count). The minimum absolute atomic E-state index is 0.195. The maximum Gasteiger partial charge on any atom is 0.120 e. The van der Waals surface area contributed by atoms with Crippen molar-refractivity contribution >= 4 is 6.29 Å².